The van der Waals surface area contributed by atoms with Gasteiger partial charge in [0.15, 0.2) is 0 Å². The first-order valence-electron chi connectivity index (χ1n) is 10.2. The Balaban J connectivity index is 1.94. The van der Waals surface area contributed by atoms with Crippen molar-refractivity contribution in [2.75, 3.05) is 13.7 Å². The van der Waals surface area contributed by atoms with Crippen LogP contribution in [0.1, 0.15) is 67.7 Å². The van der Waals surface area contributed by atoms with E-state index in [1.807, 2.05) is 48.5 Å². The van der Waals surface area contributed by atoms with Gasteiger partial charge < -0.3 is 18.8 Å². The summed E-state index contributed by atoms with van der Waals surface area (Å²) in [6, 6.07) is -0.599. The monoisotopic (exact) mass is 397 g/mol. The summed E-state index contributed by atoms with van der Waals surface area (Å²) in [5.41, 5.74) is -1.28. The molecular weight excluding hydrogens is 361 g/mol. The number of nitrogens with zero attached hydrogens (tertiary/aromatic N) is 1. The number of hydrogen-bond donors (Lipinski definition) is 0. The van der Waals surface area contributed by atoms with Crippen LogP contribution in [0.5, 0.6) is 0 Å². The highest BCUT2D eigenvalue weighted by Gasteiger charge is 2.51. The molecule has 0 spiro atoms. The van der Waals surface area contributed by atoms with Gasteiger partial charge in [0, 0.05) is 6.54 Å². The fraction of sp³-hybridized carbons (Fsp3) is 0.900. The number of rotatable bonds is 5. The molecule has 2 aliphatic rings. The Kier molecular flexibility index (Phi) is 6.76. The minimum absolute atomic E-state index is 0.0439. The Morgan fingerprint density at radius 1 is 1.14 bits per heavy atom. The average Bonchev–Trinajstić information content (AvgIpc) is 3.03. The van der Waals surface area contributed by atoms with Crippen LogP contribution in [0.25, 0.3) is 0 Å². The number of likely N-dealkylation sites (tertiary alicyclic amines) is 1. The lowest BCUT2D eigenvalue weighted by atomic mass is 9.80. The lowest BCUT2D eigenvalue weighted by Gasteiger charge is -2.32. The number of amides is 1. The van der Waals surface area contributed by atoms with E-state index < -0.39 is 17.7 Å². The highest BCUT2D eigenvalue weighted by atomic mass is 16.7. The lowest BCUT2D eigenvalue weighted by Crippen LogP contribution is -2.46. The van der Waals surface area contributed by atoms with Gasteiger partial charge >= 0.3 is 19.2 Å². The third kappa shape index (κ3) is 5.20. The number of ether oxygens (including phenoxy) is 2. The second-order valence-electron chi connectivity index (χ2n) is 9.81. The van der Waals surface area contributed by atoms with Crippen LogP contribution in [-0.4, -0.2) is 60.6 Å². The van der Waals surface area contributed by atoms with E-state index in [-0.39, 0.29) is 30.2 Å². The molecule has 2 atom stereocenters. The van der Waals surface area contributed by atoms with Gasteiger partial charge in [-0.2, -0.15) is 0 Å². The van der Waals surface area contributed by atoms with Crippen LogP contribution >= 0.6 is 0 Å². The molecule has 160 valence electrons. The van der Waals surface area contributed by atoms with Crippen LogP contribution in [0, 0.1) is 5.92 Å². The third-order valence-corrected chi connectivity index (χ3v) is 5.91. The number of hydrogen-bond acceptors (Lipinski definition) is 6. The van der Waals surface area contributed by atoms with Crippen LogP contribution in [0.15, 0.2) is 0 Å². The fourth-order valence-corrected chi connectivity index (χ4v) is 3.75. The predicted molar refractivity (Wildman–Crippen MR) is 107 cm³/mol. The summed E-state index contributed by atoms with van der Waals surface area (Å²) < 4.78 is 22.5. The summed E-state index contributed by atoms with van der Waals surface area (Å²) in [5, 5.41) is 0. The van der Waals surface area contributed by atoms with E-state index in [0.29, 0.717) is 6.54 Å². The predicted octanol–water partition coefficient (Wildman–Crippen LogP) is 3.66. The molecule has 7 nitrogen and oxygen atoms in total. The quantitative estimate of drug-likeness (QED) is 0.521. The van der Waals surface area contributed by atoms with Crippen LogP contribution in [-0.2, 0) is 23.6 Å². The standard InChI is InChI=1S/C20H36BNO6/c1-18(2,3)26-17(24)22-13-11-14(15(22)16(23)25-8)10-9-12-21-27-19(4,5)20(6,7)28-21/h14-15H,9-13H2,1-8H3/t14-,15+/m1/s1. The minimum Gasteiger partial charge on any atom is -0.467 e. The van der Waals surface area contributed by atoms with Crippen molar-refractivity contribution in [3.05, 3.63) is 0 Å². The number of carbonyl (C=O) groups excluding carboxylic acids is 2. The molecule has 0 unspecified atom stereocenters. The summed E-state index contributed by atoms with van der Waals surface area (Å²) >= 11 is 0. The van der Waals surface area contributed by atoms with E-state index >= 15 is 0 Å². The fourth-order valence-electron chi connectivity index (χ4n) is 3.75. The molecule has 0 saturated carbocycles. The van der Waals surface area contributed by atoms with Gasteiger partial charge in [0.05, 0.1) is 18.3 Å². The van der Waals surface area contributed by atoms with Gasteiger partial charge in [-0.05, 0) is 73.5 Å². The van der Waals surface area contributed by atoms with Crippen molar-refractivity contribution in [1.82, 2.24) is 4.90 Å². The van der Waals surface area contributed by atoms with Crippen LogP contribution in [0.2, 0.25) is 6.32 Å². The summed E-state index contributed by atoms with van der Waals surface area (Å²) in [6.07, 6.45) is 2.68. The highest BCUT2D eigenvalue weighted by Crippen LogP contribution is 2.39. The molecule has 0 radical (unpaired) electrons. The normalized spacial score (nSPS) is 26.4. The summed E-state index contributed by atoms with van der Waals surface area (Å²) in [7, 11) is 1.11. The van der Waals surface area contributed by atoms with Crippen molar-refractivity contribution in [3.63, 3.8) is 0 Å². The van der Waals surface area contributed by atoms with Crippen molar-refractivity contribution in [3.8, 4) is 0 Å². The van der Waals surface area contributed by atoms with E-state index in [4.69, 9.17) is 18.8 Å². The smallest absolute Gasteiger partial charge is 0.457 e. The molecule has 2 rings (SSSR count). The second-order valence-corrected chi connectivity index (χ2v) is 9.81. The first kappa shape index (κ1) is 23.0. The SMILES string of the molecule is COC(=O)[C@@H]1[C@H](CCCB2OC(C)(C)C(C)(C)O2)CCN1C(=O)OC(C)(C)C. The Labute approximate surface area is 169 Å². The van der Waals surface area contributed by atoms with Crippen LogP contribution in [0.3, 0.4) is 0 Å². The zero-order chi connectivity index (χ0) is 21.3. The van der Waals surface area contributed by atoms with Crippen molar-refractivity contribution >= 4 is 19.2 Å². The maximum absolute atomic E-state index is 12.5. The van der Waals surface area contributed by atoms with Crippen molar-refractivity contribution in [1.29, 1.82) is 0 Å². The van der Waals surface area contributed by atoms with Crippen LogP contribution in [0.4, 0.5) is 4.79 Å². The molecule has 0 N–H and O–H groups in total. The van der Waals surface area contributed by atoms with Gasteiger partial charge in [-0.15, -0.1) is 0 Å². The molecule has 1 amide bonds. The van der Waals surface area contributed by atoms with Crippen LogP contribution < -0.4 is 0 Å². The maximum Gasteiger partial charge on any atom is 0.457 e. The van der Waals surface area contributed by atoms with Gasteiger partial charge in [0.25, 0.3) is 0 Å². The molecular formula is C20H36BNO6. The first-order valence-corrected chi connectivity index (χ1v) is 10.2. The highest BCUT2D eigenvalue weighted by molar-refractivity contribution is 6.45. The van der Waals surface area contributed by atoms with Gasteiger partial charge in [-0.1, -0.05) is 6.42 Å². The topological polar surface area (TPSA) is 74.3 Å². The summed E-state index contributed by atoms with van der Waals surface area (Å²) in [6.45, 7) is 14.1. The Morgan fingerprint density at radius 3 is 2.21 bits per heavy atom. The molecule has 0 aromatic carbocycles. The van der Waals surface area contributed by atoms with Gasteiger partial charge in [0.1, 0.15) is 11.6 Å². The molecule has 2 heterocycles. The zero-order valence-corrected chi connectivity index (χ0v) is 18.7. The van der Waals surface area contributed by atoms with E-state index in [1.54, 1.807) is 0 Å². The van der Waals surface area contributed by atoms with E-state index in [0.717, 1.165) is 25.6 Å². The third-order valence-electron chi connectivity index (χ3n) is 5.91. The van der Waals surface area contributed by atoms with E-state index in [1.165, 1.54) is 12.0 Å². The number of esters is 1. The van der Waals surface area contributed by atoms with Gasteiger partial charge in [0.2, 0.25) is 0 Å². The maximum atomic E-state index is 12.5. The Hall–Kier alpha value is -1.28. The van der Waals surface area contributed by atoms with E-state index in [9.17, 15) is 9.59 Å². The largest absolute Gasteiger partial charge is 0.467 e. The molecule has 0 aliphatic carbocycles. The molecule has 8 heteroatoms. The summed E-state index contributed by atoms with van der Waals surface area (Å²) in [5.74, 6) is -0.341. The second kappa shape index (κ2) is 8.23. The molecule has 0 aromatic rings. The molecule has 28 heavy (non-hydrogen) atoms. The Morgan fingerprint density at radius 2 is 1.71 bits per heavy atom. The average molecular weight is 397 g/mol. The Bertz CT molecular complexity index is 570. The first-order chi connectivity index (χ1) is 12.8. The molecule has 2 aliphatic heterocycles. The lowest BCUT2D eigenvalue weighted by molar-refractivity contribution is -0.147. The molecule has 0 bridgehead atoms. The van der Waals surface area contributed by atoms with Gasteiger partial charge in [-0.3, -0.25) is 4.90 Å². The van der Waals surface area contributed by atoms with Crippen molar-refractivity contribution in [2.45, 2.75) is 96.9 Å². The number of methoxy groups -OCH3 is 1. The molecule has 2 saturated heterocycles. The molecule has 0 aromatic heterocycles. The van der Waals surface area contributed by atoms with Crippen molar-refractivity contribution in [2.24, 2.45) is 5.92 Å². The minimum atomic E-state index is -0.605. The molecule has 2 fully saturated rings. The van der Waals surface area contributed by atoms with E-state index in [2.05, 4.69) is 0 Å². The zero-order valence-electron chi connectivity index (χ0n) is 18.7. The van der Waals surface area contributed by atoms with Gasteiger partial charge in [-0.25, -0.2) is 9.59 Å². The number of carbonyl (C=O) groups is 2. The van der Waals surface area contributed by atoms with Crippen molar-refractivity contribution < 1.29 is 28.4 Å². The summed E-state index contributed by atoms with van der Waals surface area (Å²) in [4.78, 5) is 26.4.